The van der Waals surface area contributed by atoms with Crippen molar-refractivity contribution in [3.8, 4) is 0 Å². The summed E-state index contributed by atoms with van der Waals surface area (Å²) in [6.07, 6.45) is -0.812. The van der Waals surface area contributed by atoms with Gasteiger partial charge in [-0.25, -0.2) is 18.0 Å². The number of nitrogens with zero attached hydrogens (tertiary/aromatic N) is 1. The molecule has 12 heteroatoms. The van der Waals surface area contributed by atoms with Crippen molar-refractivity contribution in [2.45, 2.75) is 42.2 Å². The number of ether oxygens (including phenoxy) is 4. The molecular weight excluding hydrogens is 559 g/mol. The molecular formula is C30H33BN2O8S. The summed E-state index contributed by atoms with van der Waals surface area (Å²) in [5, 5.41) is 2.18. The van der Waals surface area contributed by atoms with Crippen molar-refractivity contribution in [2.75, 3.05) is 32.9 Å². The van der Waals surface area contributed by atoms with E-state index in [2.05, 4.69) is 5.32 Å². The topological polar surface area (TPSA) is 120 Å². The molecule has 10 nitrogen and oxygen atoms in total. The Labute approximate surface area is 247 Å². The Morgan fingerprint density at radius 2 is 1.74 bits per heavy atom. The van der Waals surface area contributed by atoms with E-state index in [9.17, 15) is 18.0 Å². The van der Waals surface area contributed by atoms with Gasteiger partial charge in [-0.3, -0.25) is 5.32 Å². The minimum absolute atomic E-state index is 0.0123. The maximum atomic E-state index is 13.2. The molecule has 0 saturated heterocycles. The highest BCUT2D eigenvalue weighted by Crippen LogP contribution is 2.36. The van der Waals surface area contributed by atoms with Crippen molar-refractivity contribution in [3.05, 3.63) is 89.5 Å². The lowest BCUT2D eigenvalue weighted by atomic mass is 9.94. The summed E-state index contributed by atoms with van der Waals surface area (Å²) in [5.41, 5.74) is 2.81. The monoisotopic (exact) mass is 592 g/mol. The number of rotatable bonds is 13. The number of hydrogen-bond donors (Lipinski definition) is 1. The van der Waals surface area contributed by atoms with Gasteiger partial charge >= 0.3 is 12.2 Å². The normalized spacial score (nSPS) is 13.7. The number of hydrogen-bond acceptors (Lipinski definition) is 8. The molecule has 1 saturated carbocycles. The van der Waals surface area contributed by atoms with Crippen LogP contribution in [0.4, 0.5) is 15.3 Å². The zero-order valence-electron chi connectivity index (χ0n) is 23.5. The van der Waals surface area contributed by atoms with Crippen LogP contribution < -0.4 is 10.8 Å². The second-order valence-corrected chi connectivity index (χ2v) is 12.1. The second kappa shape index (κ2) is 14.3. The Hall–Kier alpha value is -3.87. The average molecular weight is 592 g/mol. The molecule has 0 unspecified atom stereocenters. The molecule has 1 fully saturated rings. The predicted octanol–water partition coefficient (Wildman–Crippen LogP) is 4.10. The molecule has 3 aromatic carbocycles. The Morgan fingerprint density at radius 3 is 2.40 bits per heavy atom. The second-order valence-electron chi connectivity index (χ2n) is 9.92. The minimum atomic E-state index is -3.59. The Kier molecular flexibility index (Phi) is 10.6. The van der Waals surface area contributed by atoms with E-state index in [0.717, 1.165) is 11.1 Å². The third-order valence-corrected chi connectivity index (χ3v) is 8.92. The average Bonchev–Trinajstić information content (AvgIpc) is 3.84. The summed E-state index contributed by atoms with van der Waals surface area (Å²) in [7, 11) is 5.18. The lowest BCUT2D eigenvalue weighted by Gasteiger charge is -2.20. The first-order chi connectivity index (χ1) is 20.2. The Bertz CT molecular complexity index is 1460. The van der Waals surface area contributed by atoms with Gasteiger partial charge in [0.15, 0.2) is 9.84 Å². The molecule has 0 aromatic heterocycles. The number of amides is 2. The van der Waals surface area contributed by atoms with Gasteiger partial charge in [-0.1, -0.05) is 60.1 Å². The summed E-state index contributed by atoms with van der Waals surface area (Å²) in [6, 6.07) is 20.6. The number of anilines is 1. The van der Waals surface area contributed by atoms with Gasteiger partial charge in [0.25, 0.3) is 0 Å². The van der Waals surface area contributed by atoms with Gasteiger partial charge in [0.2, 0.25) is 0 Å². The van der Waals surface area contributed by atoms with Gasteiger partial charge in [-0.05, 0) is 47.7 Å². The molecule has 4 rings (SSSR count). The molecule has 1 aliphatic carbocycles. The number of benzene rings is 3. The smallest absolute Gasteiger partial charge is 0.411 e. The van der Waals surface area contributed by atoms with Gasteiger partial charge < -0.3 is 23.8 Å². The zero-order chi connectivity index (χ0) is 30.1. The summed E-state index contributed by atoms with van der Waals surface area (Å²) >= 11 is 0. The maximum Gasteiger partial charge on any atom is 0.411 e. The largest absolute Gasteiger partial charge is 0.446 e. The number of carbonyl (C=O) groups is 2. The highest BCUT2D eigenvalue weighted by Gasteiger charge is 2.38. The molecule has 0 bridgehead atoms. The molecule has 1 atom stereocenters. The van der Waals surface area contributed by atoms with Crippen LogP contribution in [0.15, 0.2) is 77.7 Å². The molecule has 220 valence electrons. The first-order valence-electron chi connectivity index (χ1n) is 13.4. The molecule has 42 heavy (non-hydrogen) atoms. The highest BCUT2D eigenvalue weighted by atomic mass is 32.2. The first kappa shape index (κ1) is 31.1. The molecule has 0 aliphatic heterocycles. The van der Waals surface area contributed by atoms with Crippen molar-refractivity contribution < 1.29 is 37.0 Å². The predicted molar refractivity (Wildman–Crippen MR) is 157 cm³/mol. The van der Waals surface area contributed by atoms with Crippen LogP contribution >= 0.6 is 0 Å². The fourth-order valence-electron chi connectivity index (χ4n) is 4.17. The first-order valence-corrected chi connectivity index (χ1v) is 14.9. The molecule has 2 amide bonds. The van der Waals surface area contributed by atoms with Crippen LogP contribution in [0.3, 0.4) is 0 Å². The van der Waals surface area contributed by atoms with Crippen LogP contribution in [0.5, 0.6) is 0 Å². The van der Waals surface area contributed by atoms with E-state index in [4.69, 9.17) is 26.8 Å². The van der Waals surface area contributed by atoms with E-state index in [1.807, 2.05) is 30.3 Å². The summed E-state index contributed by atoms with van der Waals surface area (Å²) in [5.74, 6) is 0. The van der Waals surface area contributed by atoms with E-state index in [1.54, 1.807) is 24.3 Å². The van der Waals surface area contributed by atoms with E-state index in [-0.39, 0.29) is 31.4 Å². The number of nitrogens with one attached hydrogen (secondary N) is 1. The fourth-order valence-corrected chi connectivity index (χ4v) is 6.03. The summed E-state index contributed by atoms with van der Waals surface area (Å²) in [6.45, 7) is -0.0998. The van der Waals surface area contributed by atoms with Gasteiger partial charge in [-0.2, -0.15) is 0 Å². The SMILES string of the molecule is [B]c1ccc([C@H](COC(=O)Nc2ccc(S(=O)(=O)C3CC3)c(CN(C)C(=O)OCc3ccccc3)c2)OCOC)cc1. The minimum Gasteiger partial charge on any atom is -0.446 e. The molecule has 1 aliphatic rings. The summed E-state index contributed by atoms with van der Waals surface area (Å²) in [4.78, 5) is 26.8. The van der Waals surface area contributed by atoms with Crippen molar-refractivity contribution in [2.24, 2.45) is 0 Å². The van der Waals surface area contributed by atoms with Crippen LogP contribution in [0.25, 0.3) is 0 Å². The van der Waals surface area contributed by atoms with Crippen LogP contribution in [-0.2, 0) is 41.9 Å². The highest BCUT2D eigenvalue weighted by molar-refractivity contribution is 7.92. The number of carbonyl (C=O) groups excluding carboxylic acids is 2. The van der Waals surface area contributed by atoms with Crippen molar-refractivity contribution in [1.29, 1.82) is 0 Å². The lowest BCUT2D eigenvalue weighted by molar-refractivity contribution is -0.0893. The van der Waals surface area contributed by atoms with Crippen LogP contribution in [0.1, 0.15) is 35.6 Å². The molecule has 1 N–H and O–H groups in total. The van der Waals surface area contributed by atoms with E-state index >= 15 is 0 Å². The Balaban J connectivity index is 1.44. The standard InChI is InChI=1S/C30H33BN2O8S/c1-33(30(35)40-18-21-6-4-3-5-7-21)17-23-16-25(12-15-28(23)42(36,37)26-13-14-26)32-29(34)39-19-27(41-20-38-2)22-8-10-24(31)11-9-22/h3-12,15-16,26-27H,13-14,17-20H2,1-2H3,(H,32,34)/t27-/m0/s1. The third-order valence-electron chi connectivity index (χ3n) is 6.56. The van der Waals surface area contributed by atoms with Crippen molar-refractivity contribution >= 4 is 41.0 Å². The summed E-state index contributed by atoms with van der Waals surface area (Å²) < 4.78 is 47.7. The van der Waals surface area contributed by atoms with E-state index < -0.39 is 33.4 Å². The molecule has 3 aromatic rings. The van der Waals surface area contributed by atoms with Gasteiger partial charge in [-0.15, -0.1) is 0 Å². The molecule has 0 heterocycles. The third kappa shape index (κ3) is 8.57. The zero-order valence-corrected chi connectivity index (χ0v) is 24.3. The molecule has 2 radical (unpaired) electrons. The number of methoxy groups -OCH3 is 1. The van der Waals surface area contributed by atoms with Gasteiger partial charge in [0.05, 0.1) is 16.7 Å². The van der Waals surface area contributed by atoms with E-state index in [1.165, 1.54) is 37.3 Å². The lowest BCUT2D eigenvalue weighted by Crippen LogP contribution is -2.28. The quantitative estimate of drug-likeness (QED) is 0.233. The van der Waals surface area contributed by atoms with Crippen LogP contribution in [0.2, 0.25) is 0 Å². The van der Waals surface area contributed by atoms with E-state index in [0.29, 0.717) is 29.6 Å². The maximum absolute atomic E-state index is 13.2. The van der Waals surface area contributed by atoms with Crippen molar-refractivity contribution in [3.63, 3.8) is 0 Å². The molecule has 0 spiro atoms. The van der Waals surface area contributed by atoms with Crippen LogP contribution in [0, 0.1) is 0 Å². The van der Waals surface area contributed by atoms with Gasteiger partial charge in [0, 0.05) is 19.8 Å². The number of sulfone groups is 1. The van der Waals surface area contributed by atoms with Crippen molar-refractivity contribution in [1.82, 2.24) is 4.90 Å². The van der Waals surface area contributed by atoms with Crippen LogP contribution in [-0.4, -0.2) is 66.2 Å². The fraction of sp³-hybridized carbons (Fsp3) is 0.333. The Morgan fingerprint density at radius 1 is 1.02 bits per heavy atom. The van der Waals surface area contributed by atoms with Gasteiger partial charge in [0.1, 0.15) is 34.0 Å².